The maximum atomic E-state index is 13.9. The second-order valence-corrected chi connectivity index (χ2v) is 5.91. The molecule has 1 aliphatic rings. The summed E-state index contributed by atoms with van der Waals surface area (Å²) in [5.41, 5.74) is -0.663. The smallest absolute Gasteiger partial charge is 0.333 e. The number of rotatable bonds is 4. The van der Waals surface area contributed by atoms with E-state index in [9.17, 15) is 18.0 Å². The van der Waals surface area contributed by atoms with Gasteiger partial charge in [0.2, 0.25) is 6.30 Å². The Labute approximate surface area is 133 Å². The molecule has 1 unspecified atom stereocenters. The van der Waals surface area contributed by atoms with Gasteiger partial charge in [-0.2, -0.15) is 0 Å². The van der Waals surface area contributed by atoms with Crippen LogP contribution in [0.2, 0.25) is 0 Å². The van der Waals surface area contributed by atoms with E-state index in [0.29, 0.717) is 35.8 Å². The van der Waals surface area contributed by atoms with Crippen LogP contribution in [0.5, 0.6) is 0 Å². The lowest BCUT2D eigenvalue weighted by Crippen LogP contribution is -2.33. The van der Waals surface area contributed by atoms with Crippen molar-refractivity contribution < 1.29 is 17.9 Å². The molecule has 2 aromatic rings. The predicted octanol–water partition coefficient (Wildman–Crippen LogP) is 2.40. The van der Waals surface area contributed by atoms with Gasteiger partial charge in [0.25, 0.3) is 6.43 Å². The molecule has 2 aromatic heterocycles. The third-order valence-corrected chi connectivity index (χ3v) is 4.38. The van der Waals surface area contributed by atoms with E-state index >= 15 is 0 Å². The van der Waals surface area contributed by atoms with Crippen molar-refractivity contribution in [1.82, 2.24) is 19.1 Å². The normalized spacial score (nSPS) is 18.0. The van der Waals surface area contributed by atoms with Gasteiger partial charge in [-0.3, -0.25) is 9.13 Å². The molecule has 3 rings (SSSR count). The fourth-order valence-electron chi connectivity index (χ4n) is 2.73. The lowest BCUT2D eigenvalue weighted by Gasteiger charge is -2.22. The average molecular weight is 348 g/mol. The van der Waals surface area contributed by atoms with Crippen molar-refractivity contribution in [3.05, 3.63) is 16.7 Å². The van der Waals surface area contributed by atoms with Gasteiger partial charge in [0, 0.05) is 19.3 Å². The number of hydrogen-bond acceptors (Lipinski definition) is 5. The number of nitrogens with zero attached hydrogens (tertiary/aromatic N) is 4. The van der Waals surface area contributed by atoms with E-state index < -0.39 is 18.4 Å². The van der Waals surface area contributed by atoms with Crippen LogP contribution in [-0.4, -0.2) is 45.0 Å². The zero-order valence-electron chi connectivity index (χ0n) is 12.3. The molecule has 6 nitrogen and oxygen atoms in total. The summed E-state index contributed by atoms with van der Waals surface area (Å²) in [4.78, 5) is 20.8. The first-order chi connectivity index (χ1) is 11.0. The third-order valence-electron chi connectivity index (χ3n) is 3.82. The van der Waals surface area contributed by atoms with Crippen molar-refractivity contribution in [3.8, 4) is 0 Å². The van der Waals surface area contributed by atoms with Crippen molar-refractivity contribution in [2.24, 2.45) is 0 Å². The first kappa shape index (κ1) is 16.3. The molecule has 0 N–H and O–H groups in total. The van der Waals surface area contributed by atoms with Crippen molar-refractivity contribution >= 4 is 22.9 Å². The molecule has 1 aliphatic heterocycles. The van der Waals surface area contributed by atoms with Gasteiger partial charge in [-0.05, 0) is 19.1 Å². The average Bonchev–Trinajstić information content (AvgIpc) is 2.85. The summed E-state index contributed by atoms with van der Waals surface area (Å²) in [6, 6.07) is -0.255. The molecular weight excluding hydrogens is 333 g/mol. The molecule has 0 spiro atoms. The molecule has 0 radical (unpaired) electrons. The van der Waals surface area contributed by atoms with Gasteiger partial charge in [0.05, 0.1) is 6.20 Å². The molecule has 0 saturated carbocycles. The maximum absolute atomic E-state index is 13.9. The van der Waals surface area contributed by atoms with E-state index in [4.69, 9.17) is 4.74 Å². The highest BCUT2D eigenvalue weighted by Gasteiger charge is 2.31. The molecule has 126 valence electrons. The first-order valence-electron chi connectivity index (χ1n) is 7.08. The quantitative estimate of drug-likeness (QED) is 0.627. The Balaban J connectivity index is 2.24. The number of fused-ring (bicyclic) bond motifs is 1. The summed E-state index contributed by atoms with van der Waals surface area (Å²) in [5, 5.41) is 0.392. The number of aromatic nitrogens is 4. The van der Waals surface area contributed by atoms with E-state index in [0.717, 1.165) is 0 Å². The summed E-state index contributed by atoms with van der Waals surface area (Å²) >= 11 is 1.26. The van der Waals surface area contributed by atoms with Crippen LogP contribution >= 0.6 is 11.8 Å². The first-order valence-corrected chi connectivity index (χ1v) is 8.30. The Morgan fingerprint density at radius 3 is 2.65 bits per heavy atom. The van der Waals surface area contributed by atoms with Crippen molar-refractivity contribution in [2.75, 3.05) is 19.5 Å². The maximum Gasteiger partial charge on any atom is 0.333 e. The van der Waals surface area contributed by atoms with Crippen molar-refractivity contribution in [2.45, 2.75) is 36.8 Å². The zero-order valence-corrected chi connectivity index (χ0v) is 13.1. The van der Waals surface area contributed by atoms with E-state index in [2.05, 4.69) is 9.97 Å². The molecule has 0 amide bonds. The number of imidazole rings is 1. The Bertz CT molecular complexity index is 757. The number of ether oxygens (including phenoxy) is 1. The van der Waals surface area contributed by atoms with Gasteiger partial charge in [-0.25, -0.2) is 27.9 Å². The summed E-state index contributed by atoms with van der Waals surface area (Å²) in [7, 11) is 0. The highest BCUT2D eigenvalue weighted by atomic mass is 32.2. The van der Waals surface area contributed by atoms with Gasteiger partial charge in [0.15, 0.2) is 10.8 Å². The highest BCUT2D eigenvalue weighted by Crippen LogP contribution is 2.27. The molecular formula is C13H15F3N4O2S. The zero-order chi connectivity index (χ0) is 16.6. The minimum atomic E-state index is -3.30. The Hall–Kier alpha value is -1.55. The number of alkyl halides is 3. The predicted molar refractivity (Wildman–Crippen MR) is 78.8 cm³/mol. The minimum Gasteiger partial charge on any atom is -0.381 e. The summed E-state index contributed by atoms with van der Waals surface area (Å²) in [6.07, 6.45) is -1.96. The SMILES string of the molecule is CSc1ncc2c(n1)n(C1CCOCC1)c(=O)n2C(F)C(F)F. The van der Waals surface area contributed by atoms with Crippen LogP contribution in [0.1, 0.15) is 25.2 Å². The van der Waals surface area contributed by atoms with Crippen LogP contribution < -0.4 is 5.69 Å². The van der Waals surface area contributed by atoms with Gasteiger partial charge in [-0.15, -0.1) is 0 Å². The lowest BCUT2D eigenvalue weighted by molar-refractivity contribution is 0.00736. The standard InChI is InChI=1S/C13H15F3N4O2S/c1-23-12-17-6-8-11(18-12)19(7-2-4-22-5-3-7)13(21)20(8)10(16)9(14)15/h6-7,9-10H,2-5H2,1H3. The fourth-order valence-corrected chi connectivity index (χ4v) is 3.07. The summed E-state index contributed by atoms with van der Waals surface area (Å²) < 4.78 is 46.5. The number of thioether (sulfide) groups is 1. The van der Waals surface area contributed by atoms with Crippen LogP contribution in [0.4, 0.5) is 13.2 Å². The molecule has 10 heteroatoms. The second kappa shape index (κ2) is 6.52. The van der Waals surface area contributed by atoms with E-state index in [1.165, 1.54) is 22.5 Å². The minimum absolute atomic E-state index is 0.0212. The topological polar surface area (TPSA) is 61.9 Å². The molecule has 3 heterocycles. The summed E-state index contributed by atoms with van der Waals surface area (Å²) in [6.45, 7) is 0.913. The van der Waals surface area contributed by atoms with E-state index in [-0.39, 0.29) is 17.2 Å². The molecule has 23 heavy (non-hydrogen) atoms. The number of hydrogen-bond donors (Lipinski definition) is 0. The Morgan fingerprint density at radius 2 is 2.04 bits per heavy atom. The van der Waals surface area contributed by atoms with E-state index in [1.54, 1.807) is 6.26 Å². The van der Waals surface area contributed by atoms with Crippen LogP contribution in [0.25, 0.3) is 11.2 Å². The molecule has 1 fully saturated rings. The molecule has 1 saturated heterocycles. The lowest BCUT2D eigenvalue weighted by atomic mass is 10.1. The molecule has 1 atom stereocenters. The van der Waals surface area contributed by atoms with Crippen LogP contribution in [-0.2, 0) is 4.74 Å². The second-order valence-electron chi connectivity index (χ2n) is 5.14. The van der Waals surface area contributed by atoms with Crippen molar-refractivity contribution in [1.29, 1.82) is 0 Å². The largest absolute Gasteiger partial charge is 0.381 e. The van der Waals surface area contributed by atoms with Gasteiger partial charge < -0.3 is 4.74 Å². The molecule has 0 bridgehead atoms. The van der Waals surface area contributed by atoms with Gasteiger partial charge in [-0.1, -0.05) is 11.8 Å². The van der Waals surface area contributed by atoms with Crippen LogP contribution in [0.3, 0.4) is 0 Å². The Kier molecular flexibility index (Phi) is 4.62. The molecule has 0 aromatic carbocycles. The van der Waals surface area contributed by atoms with Crippen LogP contribution in [0, 0.1) is 0 Å². The third kappa shape index (κ3) is 2.85. The fraction of sp³-hybridized carbons (Fsp3) is 0.615. The Morgan fingerprint density at radius 1 is 1.35 bits per heavy atom. The summed E-state index contributed by atoms with van der Waals surface area (Å²) in [5.74, 6) is 0. The van der Waals surface area contributed by atoms with Gasteiger partial charge in [0.1, 0.15) is 5.52 Å². The van der Waals surface area contributed by atoms with Gasteiger partial charge >= 0.3 is 5.69 Å². The number of halogens is 3. The highest BCUT2D eigenvalue weighted by molar-refractivity contribution is 7.98. The monoisotopic (exact) mass is 348 g/mol. The van der Waals surface area contributed by atoms with Crippen molar-refractivity contribution in [3.63, 3.8) is 0 Å². The van der Waals surface area contributed by atoms with Crippen LogP contribution in [0.15, 0.2) is 16.1 Å². The molecule has 0 aliphatic carbocycles. The van der Waals surface area contributed by atoms with E-state index in [1.807, 2.05) is 0 Å².